The van der Waals surface area contributed by atoms with Gasteiger partial charge in [-0.15, -0.1) is 0 Å². The molecule has 3 aromatic heterocycles. The zero-order chi connectivity index (χ0) is 29.7. The Morgan fingerprint density at radius 2 is 1.67 bits per heavy atom. The van der Waals surface area contributed by atoms with Crippen LogP contribution in [0.2, 0.25) is 0 Å². The Kier molecular flexibility index (Phi) is 6.50. The number of pyridine rings is 2. The van der Waals surface area contributed by atoms with Gasteiger partial charge in [-0.2, -0.15) is 0 Å². The molecule has 0 spiro atoms. The summed E-state index contributed by atoms with van der Waals surface area (Å²) in [5.74, 6) is 0.113. The summed E-state index contributed by atoms with van der Waals surface area (Å²) in [6, 6.07) is 25.4. The molecule has 3 aromatic carbocycles. The van der Waals surface area contributed by atoms with Crippen molar-refractivity contribution in [3.63, 3.8) is 0 Å². The Labute approximate surface area is 248 Å². The molecule has 0 bridgehead atoms. The van der Waals surface area contributed by atoms with Gasteiger partial charge >= 0.3 is 0 Å². The smallest absolute Gasteiger partial charge is 0.167 e. The van der Waals surface area contributed by atoms with Crippen LogP contribution in [0.4, 0.5) is 4.39 Å². The molecular formula is C37H29FN2O3. The lowest BCUT2D eigenvalue weighted by atomic mass is 9.89. The van der Waals surface area contributed by atoms with Gasteiger partial charge in [0.25, 0.3) is 0 Å². The van der Waals surface area contributed by atoms with E-state index in [-0.39, 0.29) is 22.8 Å². The summed E-state index contributed by atoms with van der Waals surface area (Å²) in [5.41, 5.74) is 7.60. The van der Waals surface area contributed by atoms with Gasteiger partial charge < -0.3 is 4.42 Å². The molecule has 1 aliphatic rings. The first-order chi connectivity index (χ1) is 20.8. The number of nitrogens with zero attached hydrogens (tertiary/aromatic N) is 2. The van der Waals surface area contributed by atoms with Crippen molar-refractivity contribution in [3.05, 3.63) is 119 Å². The van der Waals surface area contributed by atoms with E-state index in [4.69, 9.17) is 9.40 Å². The highest BCUT2D eigenvalue weighted by molar-refractivity contribution is 6.12. The maximum atomic E-state index is 13.7. The Hall–Kier alpha value is -4.97. The number of aromatic nitrogens is 2. The van der Waals surface area contributed by atoms with Crippen LogP contribution in [-0.2, 0) is 5.41 Å². The fraction of sp³-hybridized carbons (Fsp3) is 0.189. The average Bonchev–Trinajstić information content (AvgIpc) is 3.72. The third kappa shape index (κ3) is 4.83. The van der Waals surface area contributed by atoms with Gasteiger partial charge in [0.05, 0.1) is 16.6 Å². The molecule has 1 saturated carbocycles. The topological polar surface area (TPSA) is 73.1 Å². The van der Waals surface area contributed by atoms with Crippen molar-refractivity contribution in [2.45, 2.75) is 44.9 Å². The predicted octanol–water partition coefficient (Wildman–Crippen LogP) is 9.05. The van der Waals surface area contributed by atoms with E-state index in [1.54, 1.807) is 18.3 Å². The summed E-state index contributed by atoms with van der Waals surface area (Å²) >= 11 is 0. The van der Waals surface area contributed by atoms with Crippen LogP contribution < -0.4 is 0 Å². The van der Waals surface area contributed by atoms with Crippen LogP contribution in [0.5, 0.6) is 0 Å². The number of rotatable bonds is 8. The van der Waals surface area contributed by atoms with Crippen molar-refractivity contribution in [3.8, 4) is 22.5 Å². The minimum atomic E-state index is -0.353. The normalized spacial score (nSPS) is 13.8. The minimum Gasteiger partial charge on any atom is -0.455 e. The van der Waals surface area contributed by atoms with Crippen molar-refractivity contribution in [2.24, 2.45) is 0 Å². The number of furan rings is 1. The molecule has 5 nitrogen and oxygen atoms in total. The number of carbonyl (C=O) groups is 2. The highest BCUT2D eigenvalue weighted by atomic mass is 19.1. The van der Waals surface area contributed by atoms with Crippen LogP contribution in [0.3, 0.4) is 0 Å². The van der Waals surface area contributed by atoms with Crippen LogP contribution in [0.1, 0.15) is 64.6 Å². The molecule has 6 heteroatoms. The summed E-state index contributed by atoms with van der Waals surface area (Å²) < 4.78 is 19.8. The Morgan fingerprint density at radius 3 is 2.44 bits per heavy atom. The number of halogens is 1. The Balaban J connectivity index is 1.24. The molecule has 0 unspecified atom stereocenters. The fourth-order valence-corrected chi connectivity index (χ4v) is 5.97. The van der Waals surface area contributed by atoms with Gasteiger partial charge in [0.2, 0.25) is 0 Å². The van der Waals surface area contributed by atoms with Crippen LogP contribution in [0, 0.1) is 12.7 Å². The molecule has 3 heterocycles. The van der Waals surface area contributed by atoms with E-state index in [0.29, 0.717) is 46.3 Å². The zero-order valence-electron chi connectivity index (χ0n) is 24.0. The lowest BCUT2D eigenvalue weighted by Gasteiger charge is -2.15. The van der Waals surface area contributed by atoms with E-state index >= 15 is 0 Å². The van der Waals surface area contributed by atoms with E-state index in [9.17, 15) is 14.0 Å². The molecule has 0 amide bonds. The molecule has 0 N–H and O–H groups in total. The molecular weight excluding hydrogens is 539 g/mol. The van der Waals surface area contributed by atoms with E-state index in [0.717, 1.165) is 46.3 Å². The first-order valence-corrected chi connectivity index (χ1v) is 14.6. The number of benzene rings is 3. The second-order valence-corrected chi connectivity index (χ2v) is 11.4. The van der Waals surface area contributed by atoms with Crippen LogP contribution in [0.25, 0.3) is 44.5 Å². The van der Waals surface area contributed by atoms with Crippen LogP contribution in [-0.4, -0.2) is 21.5 Å². The molecule has 0 radical (unpaired) electrons. The average molecular weight is 569 g/mol. The van der Waals surface area contributed by atoms with Gasteiger partial charge in [-0.1, -0.05) is 25.1 Å². The van der Waals surface area contributed by atoms with E-state index < -0.39 is 0 Å². The van der Waals surface area contributed by atoms with Gasteiger partial charge in [0, 0.05) is 46.7 Å². The van der Waals surface area contributed by atoms with Gasteiger partial charge in [-0.3, -0.25) is 19.6 Å². The quantitative estimate of drug-likeness (QED) is 0.171. The predicted molar refractivity (Wildman–Crippen MR) is 166 cm³/mol. The summed E-state index contributed by atoms with van der Waals surface area (Å²) in [6.45, 7) is 3.83. The second-order valence-electron chi connectivity index (χ2n) is 11.4. The van der Waals surface area contributed by atoms with Gasteiger partial charge in [0.1, 0.15) is 17.2 Å². The largest absolute Gasteiger partial charge is 0.455 e. The van der Waals surface area contributed by atoms with E-state index in [1.165, 1.54) is 12.1 Å². The van der Waals surface area contributed by atoms with Gasteiger partial charge in [-0.25, -0.2) is 4.39 Å². The second kappa shape index (κ2) is 10.4. The SMILES string of the molecule is CCC(=O)c1c(-c2ccc(F)cc2)oc2ccc(-c3cc(C(=O)CC4(c5ccc6ncccc6n5)CC4)ccc3C)cc12. The summed E-state index contributed by atoms with van der Waals surface area (Å²) in [7, 11) is 0. The monoisotopic (exact) mass is 568 g/mol. The first-order valence-electron chi connectivity index (χ1n) is 14.6. The van der Waals surface area contributed by atoms with Gasteiger partial charge in [0.15, 0.2) is 11.6 Å². The summed E-state index contributed by atoms with van der Waals surface area (Å²) in [5, 5.41) is 0.702. The summed E-state index contributed by atoms with van der Waals surface area (Å²) in [6.07, 6.45) is 4.31. The minimum absolute atomic E-state index is 0.0521. The number of Topliss-reactive ketones (excluding diaryl/α,β-unsaturated/α-hetero) is 2. The third-order valence-electron chi connectivity index (χ3n) is 8.62. The lowest BCUT2D eigenvalue weighted by Crippen LogP contribution is -2.15. The molecule has 43 heavy (non-hydrogen) atoms. The Bertz CT molecular complexity index is 2060. The number of aryl methyl sites for hydroxylation is 1. The molecule has 0 atom stereocenters. The zero-order valence-corrected chi connectivity index (χ0v) is 24.0. The van der Waals surface area contributed by atoms with Crippen molar-refractivity contribution >= 4 is 33.6 Å². The first kappa shape index (κ1) is 26.9. The number of fused-ring (bicyclic) bond motifs is 2. The molecule has 7 rings (SSSR count). The van der Waals surface area contributed by atoms with Crippen LogP contribution >= 0.6 is 0 Å². The third-order valence-corrected chi connectivity index (χ3v) is 8.62. The molecule has 6 aromatic rings. The molecule has 212 valence electrons. The van der Waals surface area contributed by atoms with Crippen LogP contribution in [0.15, 0.2) is 95.5 Å². The molecule has 0 saturated heterocycles. The number of ketones is 2. The fourth-order valence-electron chi connectivity index (χ4n) is 5.97. The highest BCUT2D eigenvalue weighted by Crippen LogP contribution is 2.51. The van der Waals surface area contributed by atoms with Crippen molar-refractivity contribution in [2.75, 3.05) is 0 Å². The van der Waals surface area contributed by atoms with Crippen molar-refractivity contribution in [1.82, 2.24) is 9.97 Å². The maximum Gasteiger partial charge on any atom is 0.167 e. The molecule has 1 aliphatic carbocycles. The van der Waals surface area contributed by atoms with E-state index in [1.807, 2.05) is 74.5 Å². The summed E-state index contributed by atoms with van der Waals surface area (Å²) in [4.78, 5) is 36.1. The lowest BCUT2D eigenvalue weighted by molar-refractivity contribution is 0.0966. The maximum absolute atomic E-state index is 13.7. The van der Waals surface area contributed by atoms with Gasteiger partial charge in [-0.05, 0) is 103 Å². The molecule has 0 aliphatic heterocycles. The van der Waals surface area contributed by atoms with Crippen molar-refractivity contribution < 1.29 is 18.4 Å². The Morgan fingerprint density at radius 1 is 0.884 bits per heavy atom. The number of carbonyl (C=O) groups excluding carboxylic acids is 2. The van der Waals surface area contributed by atoms with Crippen molar-refractivity contribution in [1.29, 1.82) is 0 Å². The highest BCUT2D eigenvalue weighted by Gasteiger charge is 2.47. The standard InChI is InChI=1S/C37H29FN2O3/c1-3-31(41)35-28-19-24(10-14-33(28)43-36(35)23-8-11-26(38)12-9-23)27-20-25(7-6-22(27)2)32(42)21-37(16-17-37)34-15-13-29-30(40-34)5-4-18-39-29/h4-15,18-20H,3,16-17,21H2,1-2H3. The number of hydrogen-bond donors (Lipinski definition) is 0. The van der Waals surface area contributed by atoms with E-state index in [2.05, 4.69) is 4.98 Å². The number of hydrogen-bond acceptors (Lipinski definition) is 5. The molecule has 1 fully saturated rings.